The van der Waals surface area contributed by atoms with Crippen molar-refractivity contribution < 1.29 is 0 Å². The highest BCUT2D eigenvalue weighted by Crippen LogP contribution is 2.17. The molecule has 356 valence electrons. The summed E-state index contributed by atoms with van der Waals surface area (Å²) in [5, 5.41) is 23.4. The molecular weight excluding hydrogens is 1080 g/mol. The molecule has 3 unspecified atom stereocenters. The summed E-state index contributed by atoms with van der Waals surface area (Å²) in [5.41, 5.74) is 5.49. The molecule has 6 rings (SSSR count). The van der Waals surface area contributed by atoms with Gasteiger partial charge in [-0.05, 0) is 67.4 Å². The maximum Gasteiger partial charge on any atom is 0.231 e. The van der Waals surface area contributed by atoms with Crippen LogP contribution in [0.4, 0.5) is 0 Å². The number of piperidine rings is 1. The first kappa shape index (κ1) is 62.3. The van der Waals surface area contributed by atoms with Gasteiger partial charge in [0.25, 0.3) is 0 Å². The number of rotatable bonds is 16. The molecular formula is C54H72Br4N8. The number of hydrogen-bond acceptors (Lipinski definition) is 6. The first-order chi connectivity index (χ1) is 32.5. The van der Waals surface area contributed by atoms with Crippen LogP contribution in [0.2, 0.25) is 0 Å². The molecule has 2 aliphatic heterocycles. The van der Waals surface area contributed by atoms with Gasteiger partial charge in [0, 0.05) is 96.6 Å². The number of nitriles is 2. The number of halogens is 4. The Bertz CT molecular complexity index is 1810. The standard InChI is InChI=1S/C20H23N3.C17H21N.C7H12N2.C4H5Br2N.C4H5N.C2H6.Br2/c1-21-14-20-17-22(15-18-8-4-2-5-9-18)12-13-23(20)16-19-10-6-3-7-11-19;1-3-9-16(10-4-1)11-7-8-14-18-15-17-12-5-2-6-13-17;1-8-5-7-3-2-4-9-6-7;5-3-4(6)1-2-7;1-2-3-4-5;2*1-2/h2-11,20H,12-17H2;1-6,9-10,12-13,18H,7-8,11,14-15H2;7,9H,2-6H2;4H,1,3H2;2H,1,3H2;1-2H3;. The van der Waals surface area contributed by atoms with E-state index in [1.165, 1.54) is 54.4 Å². The zero-order valence-corrected chi connectivity index (χ0v) is 45.5. The molecule has 0 aromatic heterocycles. The number of allylic oxidation sites excluding steroid dienone is 1. The lowest BCUT2D eigenvalue weighted by atomic mass is 10.0. The van der Waals surface area contributed by atoms with E-state index in [1.54, 1.807) is 6.08 Å². The zero-order valence-electron chi connectivity index (χ0n) is 39.2. The number of alkyl halides is 2. The van der Waals surface area contributed by atoms with E-state index < -0.39 is 0 Å². The Morgan fingerprint density at radius 3 is 1.79 bits per heavy atom. The fourth-order valence-electron chi connectivity index (χ4n) is 6.73. The molecule has 2 aliphatic rings. The normalized spacial score (nSPS) is 15.2. The lowest BCUT2D eigenvalue weighted by Gasteiger charge is -2.39. The van der Waals surface area contributed by atoms with E-state index in [9.17, 15) is 0 Å². The van der Waals surface area contributed by atoms with Gasteiger partial charge < -0.3 is 20.3 Å². The van der Waals surface area contributed by atoms with Gasteiger partial charge in [0.05, 0.1) is 24.6 Å². The second-order valence-corrected chi connectivity index (χ2v) is 17.0. The van der Waals surface area contributed by atoms with Crippen LogP contribution in [0.25, 0.3) is 9.69 Å². The molecule has 12 heteroatoms. The Balaban J connectivity index is 0.000000867. The Labute approximate surface area is 432 Å². The van der Waals surface area contributed by atoms with Gasteiger partial charge in [-0.3, -0.25) is 9.80 Å². The van der Waals surface area contributed by atoms with Crippen molar-refractivity contribution in [2.75, 3.05) is 57.7 Å². The first-order valence-electron chi connectivity index (χ1n) is 22.8. The lowest BCUT2D eigenvalue weighted by molar-refractivity contribution is 0.0718. The highest BCUT2D eigenvalue weighted by Gasteiger charge is 2.29. The highest BCUT2D eigenvalue weighted by atomic mass is 80.9. The number of nitrogens with zero attached hydrogens (tertiary/aromatic N) is 6. The van der Waals surface area contributed by atoms with Crippen LogP contribution in [0, 0.1) is 41.7 Å². The van der Waals surface area contributed by atoms with Crippen LogP contribution in [-0.4, -0.2) is 78.4 Å². The molecule has 0 saturated carbocycles. The summed E-state index contributed by atoms with van der Waals surface area (Å²) in [6.45, 7) is 31.8. The summed E-state index contributed by atoms with van der Waals surface area (Å²) in [4.78, 5) is 12.3. The fraction of sp³-hybridized carbons (Fsp3) is 0.444. The van der Waals surface area contributed by atoms with Gasteiger partial charge in [0.15, 0.2) is 0 Å². The zero-order chi connectivity index (χ0) is 48.7. The molecule has 2 heterocycles. The fourth-order valence-corrected chi connectivity index (χ4v) is 7.10. The third-order valence-corrected chi connectivity index (χ3v) is 12.3. The topological polar surface area (TPSA) is 86.8 Å². The molecule has 66 heavy (non-hydrogen) atoms. The SMILES string of the molecule is BrBr.C=CCC#N.CC.N#CCC(Br)CBr.[C-]#[N+]CC1CCCNC1.[C-]#[N+]CC1CN(Cc2ccccc2)CCN1Cc1ccccc1.c1ccc(CCCCNCc2ccccc2)cc1. The van der Waals surface area contributed by atoms with E-state index >= 15 is 0 Å². The molecule has 2 fully saturated rings. The minimum absolute atomic E-state index is 0.317. The number of nitrogens with one attached hydrogen (secondary N) is 2. The van der Waals surface area contributed by atoms with Crippen LogP contribution in [0.1, 0.15) is 74.6 Å². The van der Waals surface area contributed by atoms with E-state index in [1.807, 2.05) is 26.0 Å². The Morgan fingerprint density at radius 2 is 1.33 bits per heavy atom. The Kier molecular flexibility index (Phi) is 43.9. The maximum atomic E-state index is 8.07. The van der Waals surface area contributed by atoms with E-state index in [2.05, 4.69) is 218 Å². The van der Waals surface area contributed by atoms with Crippen molar-refractivity contribution in [1.82, 2.24) is 20.4 Å². The molecule has 0 bridgehead atoms. The van der Waals surface area contributed by atoms with Crippen molar-refractivity contribution >= 4 is 60.1 Å². The van der Waals surface area contributed by atoms with E-state index in [0.717, 1.165) is 64.2 Å². The van der Waals surface area contributed by atoms with Gasteiger partial charge in [0.1, 0.15) is 0 Å². The van der Waals surface area contributed by atoms with Gasteiger partial charge in [-0.25, -0.2) is 13.1 Å². The Morgan fingerprint density at radius 1 is 0.788 bits per heavy atom. The van der Waals surface area contributed by atoms with E-state index in [4.69, 9.17) is 23.7 Å². The van der Waals surface area contributed by atoms with E-state index in [0.29, 0.717) is 42.7 Å². The first-order valence-corrected chi connectivity index (χ1v) is 28.6. The third-order valence-electron chi connectivity index (χ3n) is 10.0. The second kappa shape index (κ2) is 46.5. The average Bonchev–Trinajstić information content (AvgIpc) is 3.37. The third kappa shape index (κ3) is 33.8. The van der Waals surface area contributed by atoms with Crippen molar-refractivity contribution in [2.24, 2.45) is 5.92 Å². The molecule has 3 atom stereocenters. The molecule has 4 aromatic carbocycles. The molecule has 2 saturated heterocycles. The summed E-state index contributed by atoms with van der Waals surface area (Å²) < 4.78 is 0. The predicted molar refractivity (Wildman–Crippen MR) is 295 cm³/mol. The summed E-state index contributed by atoms with van der Waals surface area (Å²) in [5.74, 6) is 0.635. The number of hydrogen-bond donors (Lipinski definition) is 2. The smallest absolute Gasteiger partial charge is 0.231 e. The second-order valence-electron chi connectivity index (χ2n) is 15.1. The van der Waals surface area contributed by atoms with Crippen molar-refractivity contribution in [1.29, 1.82) is 10.5 Å². The quantitative estimate of drug-likeness (QED) is 0.0503. The number of unbranched alkanes of at least 4 members (excludes halogenated alkanes) is 1. The van der Waals surface area contributed by atoms with Gasteiger partial charge in [-0.15, -0.1) is 6.58 Å². The van der Waals surface area contributed by atoms with Crippen LogP contribution in [0.3, 0.4) is 0 Å². The summed E-state index contributed by atoms with van der Waals surface area (Å²) >= 11 is 12.0. The van der Waals surface area contributed by atoms with Crippen molar-refractivity contribution in [3.8, 4) is 12.1 Å². The lowest BCUT2D eigenvalue weighted by Crippen LogP contribution is -2.53. The summed E-state index contributed by atoms with van der Waals surface area (Å²) in [6.07, 6.45) is 8.78. The number of benzene rings is 4. The Hall–Kier alpha value is -3.66. The van der Waals surface area contributed by atoms with Gasteiger partial charge in [0.2, 0.25) is 13.1 Å². The van der Waals surface area contributed by atoms with E-state index in [-0.39, 0.29) is 0 Å². The largest absolute Gasteiger partial charge is 0.317 e. The summed E-state index contributed by atoms with van der Waals surface area (Å²) in [6, 6.07) is 46.7. The molecule has 0 amide bonds. The highest BCUT2D eigenvalue weighted by molar-refractivity contribution is 9.93. The van der Waals surface area contributed by atoms with Crippen LogP contribution in [0.5, 0.6) is 0 Å². The minimum Gasteiger partial charge on any atom is -0.317 e. The minimum atomic E-state index is 0.317. The van der Waals surface area contributed by atoms with Gasteiger partial charge in [-0.1, -0.05) is 173 Å². The predicted octanol–water partition coefficient (Wildman–Crippen LogP) is 13.9. The van der Waals surface area contributed by atoms with Crippen molar-refractivity contribution in [3.63, 3.8) is 0 Å². The van der Waals surface area contributed by atoms with Crippen LogP contribution < -0.4 is 10.6 Å². The van der Waals surface area contributed by atoms with Gasteiger partial charge >= 0.3 is 0 Å². The molecule has 2 N–H and O–H groups in total. The van der Waals surface area contributed by atoms with Crippen LogP contribution in [0.15, 0.2) is 134 Å². The maximum absolute atomic E-state index is 8.07. The molecule has 0 aliphatic carbocycles. The number of aryl methyl sites for hydroxylation is 1. The van der Waals surface area contributed by atoms with Crippen molar-refractivity contribution in [3.05, 3.63) is 179 Å². The van der Waals surface area contributed by atoms with Gasteiger partial charge in [-0.2, -0.15) is 10.5 Å². The van der Waals surface area contributed by atoms with Crippen molar-refractivity contribution in [2.45, 2.75) is 89.3 Å². The summed E-state index contributed by atoms with van der Waals surface area (Å²) in [7, 11) is 0. The van der Waals surface area contributed by atoms with Crippen LogP contribution in [-0.2, 0) is 26.1 Å². The molecule has 0 radical (unpaired) electrons. The average molecular weight is 1150 g/mol. The van der Waals surface area contributed by atoms with Crippen LogP contribution >= 0.6 is 60.1 Å². The molecule has 4 aromatic rings. The monoisotopic (exact) mass is 1150 g/mol. The molecule has 8 nitrogen and oxygen atoms in total. The molecule has 0 spiro atoms. The number of piperazine rings is 1.